The molecule has 104 valence electrons. The van der Waals surface area contributed by atoms with Crippen molar-refractivity contribution < 1.29 is 4.79 Å². The number of hydrogen-bond donors (Lipinski definition) is 2. The summed E-state index contributed by atoms with van der Waals surface area (Å²) in [6, 6.07) is 4.91. The minimum Gasteiger partial charge on any atom is -0.348 e. The average molecular weight is 301 g/mol. The molecule has 19 heavy (non-hydrogen) atoms. The molecule has 0 saturated heterocycles. The summed E-state index contributed by atoms with van der Waals surface area (Å²) >= 11 is 11.9. The Hall–Kier alpha value is -0.770. The van der Waals surface area contributed by atoms with Crippen LogP contribution in [0.25, 0.3) is 0 Å². The summed E-state index contributed by atoms with van der Waals surface area (Å²) in [4.78, 5) is 12.2. The molecule has 1 fully saturated rings. The molecular formula is C14H18Cl2N2O. The molecule has 1 aromatic carbocycles. The summed E-state index contributed by atoms with van der Waals surface area (Å²) in [6.45, 7) is 0.460. The number of hydrogen-bond acceptors (Lipinski definition) is 2. The third kappa shape index (κ3) is 3.62. The average Bonchev–Trinajstić information content (AvgIpc) is 2.89. The van der Waals surface area contributed by atoms with E-state index >= 15 is 0 Å². The summed E-state index contributed by atoms with van der Waals surface area (Å²) in [5.41, 5.74) is 6.22. The summed E-state index contributed by atoms with van der Waals surface area (Å²) < 4.78 is 0. The molecule has 3 N–H and O–H groups in total. The van der Waals surface area contributed by atoms with Crippen LogP contribution in [0.3, 0.4) is 0 Å². The highest BCUT2D eigenvalue weighted by molar-refractivity contribution is 6.36. The first-order valence-electron chi connectivity index (χ1n) is 6.58. The van der Waals surface area contributed by atoms with Crippen LogP contribution >= 0.6 is 23.2 Å². The van der Waals surface area contributed by atoms with Gasteiger partial charge in [0.15, 0.2) is 0 Å². The van der Waals surface area contributed by atoms with Crippen LogP contribution in [-0.2, 0) is 0 Å². The van der Waals surface area contributed by atoms with Crippen molar-refractivity contribution in [3.63, 3.8) is 0 Å². The Morgan fingerprint density at radius 3 is 2.63 bits per heavy atom. The van der Waals surface area contributed by atoms with Gasteiger partial charge in [-0.25, -0.2) is 0 Å². The molecule has 1 aromatic rings. The number of rotatable bonds is 4. The van der Waals surface area contributed by atoms with Crippen LogP contribution in [-0.4, -0.2) is 18.5 Å². The highest BCUT2D eigenvalue weighted by Gasteiger charge is 2.26. The van der Waals surface area contributed by atoms with Crippen LogP contribution in [0.15, 0.2) is 18.2 Å². The molecule has 1 atom stereocenters. The molecular weight excluding hydrogens is 283 g/mol. The predicted octanol–water partition coefficient (Wildman–Crippen LogP) is 3.24. The highest BCUT2D eigenvalue weighted by Crippen LogP contribution is 2.28. The van der Waals surface area contributed by atoms with Gasteiger partial charge in [0.2, 0.25) is 0 Å². The molecule has 2 rings (SSSR count). The second-order valence-corrected chi connectivity index (χ2v) is 5.83. The second-order valence-electron chi connectivity index (χ2n) is 4.98. The Labute approximate surface area is 123 Å². The molecule has 0 spiro atoms. The van der Waals surface area contributed by atoms with E-state index in [1.165, 1.54) is 12.8 Å². The zero-order valence-electron chi connectivity index (χ0n) is 10.7. The SMILES string of the molecule is NCC(NC(=O)c1ccc(Cl)cc1Cl)C1CCCC1. The van der Waals surface area contributed by atoms with Crippen molar-refractivity contribution in [2.45, 2.75) is 31.7 Å². The zero-order valence-corrected chi connectivity index (χ0v) is 12.2. The number of benzene rings is 1. The van der Waals surface area contributed by atoms with Crippen LogP contribution in [0, 0.1) is 5.92 Å². The largest absolute Gasteiger partial charge is 0.348 e. The van der Waals surface area contributed by atoms with Gasteiger partial charge in [0.1, 0.15) is 0 Å². The maximum atomic E-state index is 12.2. The Morgan fingerprint density at radius 2 is 2.05 bits per heavy atom. The summed E-state index contributed by atoms with van der Waals surface area (Å²) in [7, 11) is 0. The number of nitrogens with two attached hydrogens (primary N) is 1. The predicted molar refractivity (Wildman–Crippen MR) is 78.7 cm³/mol. The van der Waals surface area contributed by atoms with Gasteiger partial charge in [-0.1, -0.05) is 36.0 Å². The summed E-state index contributed by atoms with van der Waals surface area (Å²) in [6.07, 6.45) is 4.71. The van der Waals surface area contributed by atoms with Crippen LogP contribution in [0.2, 0.25) is 10.0 Å². The second kappa shape index (κ2) is 6.60. The van der Waals surface area contributed by atoms with Crippen LogP contribution in [0.1, 0.15) is 36.0 Å². The molecule has 1 unspecified atom stereocenters. The van der Waals surface area contributed by atoms with Gasteiger partial charge < -0.3 is 11.1 Å². The van der Waals surface area contributed by atoms with E-state index in [0.717, 1.165) is 12.8 Å². The normalized spacial score (nSPS) is 17.4. The quantitative estimate of drug-likeness (QED) is 0.897. The number of nitrogens with one attached hydrogen (secondary N) is 1. The van der Waals surface area contributed by atoms with Gasteiger partial charge in [-0.05, 0) is 37.0 Å². The fraction of sp³-hybridized carbons (Fsp3) is 0.500. The molecule has 1 saturated carbocycles. The number of amides is 1. The lowest BCUT2D eigenvalue weighted by Crippen LogP contribution is -2.44. The standard InChI is InChI=1S/C14H18Cl2N2O/c15-10-5-6-11(12(16)7-10)14(19)18-13(8-17)9-3-1-2-4-9/h5-7,9,13H,1-4,8,17H2,(H,18,19). The molecule has 1 aliphatic rings. The maximum absolute atomic E-state index is 12.2. The Balaban J connectivity index is 2.06. The van der Waals surface area contributed by atoms with Gasteiger partial charge in [0, 0.05) is 17.6 Å². The monoisotopic (exact) mass is 300 g/mol. The van der Waals surface area contributed by atoms with Crippen molar-refractivity contribution >= 4 is 29.1 Å². The van der Waals surface area contributed by atoms with Gasteiger partial charge in [-0.3, -0.25) is 4.79 Å². The van der Waals surface area contributed by atoms with E-state index in [0.29, 0.717) is 28.1 Å². The van der Waals surface area contributed by atoms with Gasteiger partial charge >= 0.3 is 0 Å². The van der Waals surface area contributed by atoms with E-state index in [1.54, 1.807) is 18.2 Å². The summed E-state index contributed by atoms with van der Waals surface area (Å²) in [5.74, 6) is 0.309. The van der Waals surface area contributed by atoms with E-state index in [-0.39, 0.29) is 11.9 Å². The molecule has 0 radical (unpaired) electrons. The minimum absolute atomic E-state index is 0.0294. The fourth-order valence-electron chi connectivity index (χ4n) is 2.65. The smallest absolute Gasteiger partial charge is 0.253 e. The number of carbonyl (C=O) groups excluding carboxylic acids is 1. The first-order chi connectivity index (χ1) is 9.11. The van der Waals surface area contributed by atoms with Gasteiger partial charge in [0.25, 0.3) is 5.91 Å². The van der Waals surface area contributed by atoms with E-state index in [1.807, 2.05) is 0 Å². The van der Waals surface area contributed by atoms with Crippen molar-refractivity contribution in [2.75, 3.05) is 6.54 Å². The molecule has 1 amide bonds. The van der Waals surface area contributed by atoms with Gasteiger partial charge in [0.05, 0.1) is 10.6 Å². The fourth-order valence-corrected chi connectivity index (χ4v) is 3.14. The molecule has 0 heterocycles. The van der Waals surface area contributed by atoms with E-state index in [2.05, 4.69) is 5.32 Å². The first-order valence-corrected chi connectivity index (χ1v) is 7.33. The van der Waals surface area contributed by atoms with Crippen LogP contribution in [0.5, 0.6) is 0 Å². The Kier molecular flexibility index (Phi) is 5.08. The Bertz CT molecular complexity index is 459. The third-order valence-electron chi connectivity index (χ3n) is 3.72. The maximum Gasteiger partial charge on any atom is 0.253 e. The zero-order chi connectivity index (χ0) is 13.8. The van der Waals surface area contributed by atoms with Crippen LogP contribution < -0.4 is 11.1 Å². The van der Waals surface area contributed by atoms with E-state index < -0.39 is 0 Å². The van der Waals surface area contributed by atoms with Gasteiger partial charge in [-0.2, -0.15) is 0 Å². The van der Waals surface area contributed by atoms with Crippen molar-refractivity contribution in [3.05, 3.63) is 33.8 Å². The van der Waals surface area contributed by atoms with Crippen molar-refractivity contribution in [2.24, 2.45) is 11.7 Å². The molecule has 0 bridgehead atoms. The first kappa shape index (κ1) is 14.6. The van der Waals surface area contributed by atoms with Crippen molar-refractivity contribution in [1.29, 1.82) is 0 Å². The Morgan fingerprint density at radius 1 is 1.37 bits per heavy atom. The third-order valence-corrected chi connectivity index (χ3v) is 4.26. The number of carbonyl (C=O) groups is 1. The lowest BCUT2D eigenvalue weighted by molar-refractivity contribution is 0.0924. The molecule has 0 aliphatic heterocycles. The number of halogens is 2. The topological polar surface area (TPSA) is 55.1 Å². The molecule has 0 aromatic heterocycles. The van der Waals surface area contributed by atoms with Crippen LogP contribution in [0.4, 0.5) is 0 Å². The molecule has 5 heteroatoms. The molecule has 3 nitrogen and oxygen atoms in total. The van der Waals surface area contributed by atoms with E-state index in [9.17, 15) is 4.79 Å². The van der Waals surface area contributed by atoms with Gasteiger partial charge in [-0.15, -0.1) is 0 Å². The van der Waals surface area contributed by atoms with Crippen molar-refractivity contribution in [1.82, 2.24) is 5.32 Å². The lowest BCUT2D eigenvalue weighted by Gasteiger charge is -2.23. The summed E-state index contributed by atoms with van der Waals surface area (Å²) in [5, 5.41) is 3.88. The minimum atomic E-state index is -0.177. The van der Waals surface area contributed by atoms with E-state index in [4.69, 9.17) is 28.9 Å². The van der Waals surface area contributed by atoms with Crippen molar-refractivity contribution in [3.8, 4) is 0 Å². The molecule has 1 aliphatic carbocycles. The highest BCUT2D eigenvalue weighted by atomic mass is 35.5. The lowest BCUT2D eigenvalue weighted by atomic mass is 9.98.